The van der Waals surface area contributed by atoms with E-state index in [1.54, 1.807) is 26.0 Å². The summed E-state index contributed by atoms with van der Waals surface area (Å²) in [5.74, 6) is 0.00410. The van der Waals surface area contributed by atoms with Gasteiger partial charge in [0.1, 0.15) is 5.75 Å². The number of non-ortho nitro benzene ring substituents is 1. The number of nitrogens with zero attached hydrogens (tertiary/aromatic N) is 1. The van der Waals surface area contributed by atoms with E-state index in [2.05, 4.69) is 5.32 Å². The normalized spacial score (nSPS) is 10.5. The molecule has 0 spiro atoms. The number of nitro benzene ring substituents is 1. The number of anilines is 1. The van der Waals surface area contributed by atoms with Gasteiger partial charge in [-0.1, -0.05) is 30.1 Å². The number of carbonyl (C=O) groups is 1. The second kappa shape index (κ2) is 8.38. The van der Waals surface area contributed by atoms with Gasteiger partial charge in [0.25, 0.3) is 11.6 Å². The van der Waals surface area contributed by atoms with Crippen LogP contribution in [-0.4, -0.2) is 17.4 Å². The van der Waals surface area contributed by atoms with Gasteiger partial charge in [0.15, 0.2) is 6.61 Å². The second-order valence-corrected chi connectivity index (χ2v) is 6.62. The molecule has 0 aliphatic carbocycles. The van der Waals surface area contributed by atoms with Crippen LogP contribution in [-0.2, 0) is 11.2 Å². The lowest BCUT2D eigenvalue weighted by molar-refractivity contribution is -0.384. The Morgan fingerprint density at radius 2 is 1.88 bits per heavy atom. The number of halogens is 2. The fourth-order valence-corrected chi connectivity index (χ4v) is 3.24. The average Bonchev–Trinajstić information content (AvgIpc) is 2.55. The second-order valence-electron chi connectivity index (χ2n) is 5.78. The molecule has 0 heterocycles. The number of amides is 1. The van der Waals surface area contributed by atoms with E-state index in [9.17, 15) is 14.9 Å². The summed E-state index contributed by atoms with van der Waals surface area (Å²) in [6, 6.07) is 6.12. The van der Waals surface area contributed by atoms with Crippen molar-refractivity contribution in [2.24, 2.45) is 0 Å². The number of ether oxygens (including phenoxy) is 1. The minimum Gasteiger partial charge on any atom is -0.482 e. The minimum atomic E-state index is -0.452. The molecule has 1 amide bonds. The van der Waals surface area contributed by atoms with E-state index < -0.39 is 4.92 Å². The monoisotopic (exact) mass is 396 g/mol. The minimum absolute atomic E-state index is 0.00262. The molecule has 0 atom stereocenters. The Labute approximate surface area is 161 Å². The zero-order chi connectivity index (χ0) is 19.4. The molecule has 0 bridgehead atoms. The molecule has 138 valence electrons. The average molecular weight is 397 g/mol. The lowest BCUT2D eigenvalue weighted by Crippen LogP contribution is -2.22. The molecule has 8 heteroatoms. The van der Waals surface area contributed by atoms with Crippen LogP contribution in [0.5, 0.6) is 5.75 Å². The summed E-state index contributed by atoms with van der Waals surface area (Å²) in [5.41, 5.74) is 2.58. The van der Waals surface area contributed by atoms with Crippen LogP contribution in [0.2, 0.25) is 10.0 Å². The molecule has 0 unspecified atom stereocenters. The Balaban J connectivity index is 2.15. The zero-order valence-corrected chi connectivity index (χ0v) is 16.1. The smallest absolute Gasteiger partial charge is 0.270 e. The van der Waals surface area contributed by atoms with Crippen LogP contribution in [0.1, 0.15) is 23.6 Å². The topological polar surface area (TPSA) is 81.5 Å². The number of benzene rings is 2. The Morgan fingerprint density at radius 3 is 2.46 bits per heavy atom. The predicted octanol–water partition coefficient (Wildman–Crippen LogP) is 5.10. The first kappa shape index (κ1) is 20.0. The SMILES string of the molecule is CCc1cc([N+](=O)[O-])cc(C)c1NC(=O)COc1c(C)cc(Cl)cc1Cl. The quantitative estimate of drug-likeness (QED) is 0.543. The molecule has 0 saturated heterocycles. The number of carbonyl (C=O) groups excluding carboxylic acids is 1. The summed E-state index contributed by atoms with van der Waals surface area (Å²) in [5, 5.41) is 14.5. The molecular weight excluding hydrogens is 379 g/mol. The van der Waals surface area contributed by atoms with Crippen LogP contribution in [0, 0.1) is 24.0 Å². The van der Waals surface area contributed by atoms with Crippen LogP contribution in [0.3, 0.4) is 0 Å². The molecule has 0 radical (unpaired) electrons. The Hall–Kier alpha value is -2.31. The summed E-state index contributed by atoms with van der Waals surface area (Å²) in [6.07, 6.45) is 0.543. The van der Waals surface area contributed by atoms with Gasteiger partial charge >= 0.3 is 0 Å². The maximum atomic E-state index is 12.3. The number of rotatable bonds is 6. The molecule has 26 heavy (non-hydrogen) atoms. The molecule has 2 rings (SSSR count). The van der Waals surface area contributed by atoms with Gasteiger partial charge < -0.3 is 10.1 Å². The molecule has 0 aliphatic heterocycles. The summed E-state index contributed by atoms with van der Waals surface area (Å²) in [6.45, 7) is 5.10. The molecule has 0 aromatic heterocycles. The first-order valence-corrected chi connectivity index (χ1v) is 8.64. The number of aryl methyl sites for hydroxylation is 3. The molecule has 0 fully saturated rings. The Bertz CT molecular complexity index is 846. The highest BCUT2D eigenvalue weighted by Gasteiger charge is 2.16. The predicted molar refractivity (Wildman–Crippen MR) is 103 cm³/mol. The molecular formula is C18H18Cl2N2O4. The van der Waals surface area contributed by atoms with E-state index in [4.69, 9.17) is 27.9 Å². The third kappa shape index (κ3) is 4.65. The van der Waals surface area contributed by atoms with Crippen LogP contribution in [0.15, 0.2) is 24.3 Å². The largest absolute Gasteiger partial charge is 0.482 e. The van der Waals surface area contributed by atoms with Gasteiger partial charge in [0, 0.05) is 22.8 Å². The van der Waals surface area contributed by atoms with E-state index in [0.29, 0.717) is 39.0 Å². The van der Waals surface area contributed by atoms with Crippen molar-refractivity contribution in [1.29, 1.82) is 0 Å². The summed E-state index contributed by atoms with van der Waals surface area (Å²) in [7, 11) is 0. The van der Waals surface area contributed by atoms with Gasteiger partial charge in [-0.3, -0.25) is 14.9 Å². The third-order valence-corrected chi connectivity index (χ3v) is 4.30. The van der Waals surface area contributed by atoms with Crippen LogP contribution < -0.4 is 10.1 Å². The molecule has 0 aliphatic rings. The van der Waals surface area contributed by atoms with Crippen LogP contribution in [0.25, 0.3) is 0 Å². The maximum absolute atomic E-state index is 12.3. The van der Waals surface area contributed by atoms with E-state index in [1.165, 1.54) is 12.1 Å². The van der Waals surface area contributed by atoms with Crippen molar-refractivity contribution >= 4 is 40.5 Å². The van der Waals surface area contributed by atoms with Crippen molar-refractivity contribution in [3.63, 3.8) is 0 Å². The highest BCUT2D eigenvalue weighted by molar-refractivity contribution is 6.35. The highest BCUT2D eigenvalue weighted by atomic mass is 35.5. The summed E-state index contributed by atoms with van der Waals surface area (Å²) in [4.78, 5) is 22.8. The summed E-state index contributed by atoms with van der Waals surface area (Å²) < 4.78 is 5.52. The third-order valence-electron chi connectivity index (χ3n) is 3.80. The maximum Gasteiger partial charge on any atom is 0.270 e. The van der Waals surface area contributed by atoms with Crippen molar-refractivity contribution < 1.29 is 14.5 Å². The van der Waals surface area contributed by atoms with Gasteiger partial charge in [-0.15, -0.1) is 0 Å². The highest BCUT2D eigenvalue weighted by Crippen LogP contribution is 2.32. The lowest BCUT2D eigenvalue weighted by atomic mass is 10.0. The molecule has 6 nitrogen and oxygen atoms in total. The Kier molecular flexibility index (Phi) is 6.45. The van der Waals surface area contributed by atoms with Gasteiger partial charge in [0.2, 0.25) is 0 Å². The first-order chi connectivity index (χ1) is 12.2. The van der Waals surface area contributed by atoms with E-state index in [1.807, 2.05) is 6.92 Å². The van der Waals surface area contributed by atoms with Gasteiger partial charge in [-0.2, -0.15) is 0 Å². The van der Waals surface area contributed by atoms with Gasteiger partial charge in [-0.05, 0) is 49.1 Å². The number of nitrogens with one attached hydrogen (secondary N) is 1. The fourth-order valence-electron chi connectivity index (χ4n) is 2.59. The van der Waals surface area contributed by atoms with Crippen molar-refractivity contribution in [3.8, 4) is 5.75 Å². The standard InChI is InChI=1S/C18H18Cl2N2O4/c1-4-12-7-14(22(24)25)6-10(2)17(12)21-16(23)9-26-18-11(3)5-13(19)8-15(18)20/h5-8H,4,9H2,1-3H3,(H,21,23). The zero-order valence-electron chi connectivity index (χ0n) is 14.6. The van der Waals surface area contributed by atoms with Crippen molar-refractivity contribution in [1.82, 2.24) is 0 Å². The number of nitro groups is 1. The van der Waals surface area contributed by atoms with E-state index in [0.717, 1.165) is 5.56 Å². The molecule has 2 aromatic carbocycles. The lowest BCUT2D eigenvalue weighted by Gasteiger charge is -2.15. The van der Waals surface area contributed by atoms with Crippen molar-refractivity contribution in [2.45, 2.75) is 27.2 Å². The fraction of sp³-hybridized carbons (Fsp3) is 0.278. The van der Waals surface area contributed by atoms with Gasteiger partial charge in [0.05, 0.1) is 9.95 Å². The first-order valence-electron chi connectivity index (χ1n) is 7.89. The van der Waals surface area contributed by atoms with Crippen LogP contribution in [0.4, 0.5) is 11.4 Å². The number of hydrogen-bond donors (Lipinski definition) is 1. The van der Waals surface area contributed by atoms with Crippen molar-refractivity contribution in [3.05, 3.63) is 61.1 Å². The van der Waals surface area contributed by atoms with Gasteiger partial charge in [-0.25, -0.2) is 0 Å². The Morgan fingerprint density at radius 1 is 1.19 bits per heavy atom. The van der Waals surface area contributed by atoms with E-state index >= 15 is 0 Å². The molecule has 2 aromatic rings. The molecule has 1 N–H and O–H groups in total. The molecule has 0 saturated carbocycles. The van der Waals surface area contributed by atoms with E-state index in [-0.39, 0.29) is 18.2 Å². The van der Waals surface area contributed by atoms with Crippen molar-refractivity contribution in [2.75, 3.05) is 11.9 Å². The number of hydrogen-bond acceptors (Lipinski definition) is 4. The van der Waals surface area contributed by atoms with Crippen LogP contribution >= 0.6 is 23.2 Å². The summed E-state index contributed by atoms with van der Waals surface area (Å²) >= 11 is 12.0.